The third-order valence-corrected chi connectivity index (χ3v) is 5.63. The molecule has 0 saturated carbocycles. The maximum Gasteiger partial charge on any atom is 0.336 e. The molecule has 7 heteroatoms. The molecule has 1 aliphatic rings. The minimum atomic E-state index is -0.532. The first-order valence-corrected chi connectivity index (χ1v) is 9.62. The summed E-state index contributed by atoms with van der Waals surface area (Å²) in [5.41, 5.74) is 3.64. The van der Waals surface area contributed by atoms with Crippen molar-refractivity contribution >= 4 is 28.0 Å². The Bertz CT molecular complexity index is 930. The van der Waals surface area contributed by atoms with Gasteiger partial charge in [-0.1, -0.05) is 32.0 Å². The third-order valence-electron chi connectivity index (χ3n) is 4.67. The highest BCUT2D eigenvalue weighted by atomic mass is 32.1. The number of benzene rings is 1. The number of ether oxygens (including phenoxy) is 1. The van der Waals surface area contributed by atoms with Gasteiger partial charge in [0.1, 0.15) is 0 Å². The summed E-state index contributed by atoms with van der Waals surface area (Å²) in [6.07, 6.45) is 0.831. The molecule has 0 radical (unpaired) electrons. The van der Waals surface area contributed by atoms with Gasteiger partial charge in [0, 0.05) is 22.9 Å². The molecule has 2 aromatic rings. The number of allylic oxidation sites excluding steroid dienone is 1. The molecule has 142 valence electrons. The number of carbonyl (C=O) groups excluding carboxylic acids is 1. The number of para-hydroxylation sites is 1. The molecule has 1 N–H and O–H groups in total. The predicted molar refractivity (Wildman–Crippen MR) is 106 cm³/mol. The lowest BCUT2D eigenvalue weighted by Gasteiger charge is -2.29. The Morgan fingerprint density at radius 3 is 2.70 bits per heavy atom. The molecule has 0 fully saturated rings. The van der Waals surface area contributed by atoms with Gasteiger partial charge in [0.15, 0.2) is 0 Å². The molecule has 27 heavy (non-hydrogen) atoms. The molecule has 0 aliphatic carbocycles. The quantitative estimate of drug-likeness (QED) is 0.451. The standard InChI is InChI=1S/C20H22N2O4S/c1-11(2)9-13-10-27-19-17(13)18(16(12(3)21-19)20(23)26-4)14-7-5-6-8-15(14)22(24)25/h5-8,10-11,18,21H,9H2,1-4H3. The molecule has 1 unspecified atom stereocenters. The first kappa shape index (κ1) is 19.1. The molecule has 0 amide bonds. The van der Waals surface area contributed by atoms with Gasteiger partial charge in [0.05, 0.1) is 28.5 Å². The van der Waals surface area contributed by atoms with Gasteiger partial charge in [-0.2, -0.15) is 0 Å². The molecule has 0 saturated heterocycles. The molecule has 1 aromatic carbocycles. The van der Waals surface area contributed by atoms with E-state index in [1.165, 1.54) is 13.2 Å². The van der Waals surface area contributed by atoms with Crippen LogP contribution in [0.15, 0.2) is 40.9 Å². The summed E-state index contributed by atoms with van der Waals surface area (Å²) in [6, 6.07) is 6.62. The van der Waals surface area contributed by atoms with E-state index < -0.39 is 16.8 Å². The van der Waals surface area contributed by atoms with Crippen LogP contribution in [-0.4, -0.2) is 18.0 Å². The van der Waals surface area contributed by atoms with Gasteiger partial charge < -0.3 is 10.1 Å². The van der Waals surface area contributed by atoms with Gasteiger partial charge in [-0.3, -0.25) is 10.1 Å². The van der Waals surface area contributed by atoms with Crippen molar-refractivity contribution in [2.24, 2.45) is 5.92 Å². The monoisotopic (exact) mass is 386 g/mol. The Balaban J connectivity index is 2.29. The van der Waals surface area contributed by atoms with Crippen molar-refractivity contribution in [1.82, 2.24) is 0 Å². The molecular weight excluding hydrogens is 364 g/mol. The SMILES string of the molecule is COC(=O)C1=C(C)Nc2scc(CC(C)C)c2C1c1ccccc1[N+](=O)[O-]. The van der Waals surface area contributed by atoms with E-state index in [4.69, 9.17) is 4.74 Å². The van der Waals surface area contributed by atoms with Crippen molar-refractivity contribution in [1.29, 1.82) is 0 Å². The van der Waals surface area contributed by atoms with E-state index in [2.05, 4.69) is 24.5 Å². The first-order chi connectivity index (χ1) is 12.8. The van der Waals surface area contributed by atoms with Gasteiger partial charge in [0.2, 0.25) is 0 Å². The van der Waals surface area contributed by atoms with Crippen molar-refractivity contribution < 1.29 is 14.5 Å². The average molecular weight is 386 g/mol. The molecule has 1 atom stereocenters. The van der Waals surface area contributed by atoms with Crippen LogP contribution in [0.2, 0.25) is 0 Å². The van der Waals surface area contributed by atoms with Crippen molar-refractivity contribution in [3.8, 4) is 0 Å². The molecule has 0 bridgehead atoms. The molecule has 0 spiro atoms. The second kappa shape index (κ2) is 7.52. The normalized spacial score (nSPS) is 16.1. The van der Waals surface area contributed by atoms with E-state index >= 15 is 0 Å². The first-order valence-electron chi connectivity index (χ1n) is 8.74. The van der Waals surface area contributed by atoms with Crippen LogP contribution in [0, 0.1) is 16.0 Å². The van der Waals surface area contributed by atoms with Crippen LogP contribution >= 0.6 is 11.3 Å². The zero-order valence-corrected chi connectivity index (χ0v) is 16.6. The lowest BCUT2D eigenvalue weighted by molar-refractivity contribution is -0.385. The maximum atomic E-state index is 12.6. The van der Waals surface area contributed by atoms with Crippen molar-refractivity contribution in [3.05, 3.63) is 67.7 Å². The van der Waals surface area contributed by atoms with Gasteiger partial charge in [0.25, 0.3) is 5.69 Å². The summed E-state index contributed by atoms with van der Waals surface area (Å²) in [6.45, 7) is 6.06. The van der Waals surface area contributed by atoms with E-state index in [-0.39, 0.29) is 5.69 Å². The van der Waals surface area contributed by atoms with Gasteiger partial charge in [-0.15, -0.1) is 11.3 Å². The van der Waals surface area contributed by atoms with Gasteiger partial charge in [-0.05, 0) is 30.2 Å². The summed E-state index contributed by atoms with van der Waals surface area (Å²) < 4.78 is 5.02. The van der Waals surface area contributed by atoms with Crippen molar-refractivity contribution in [2.75, 3.05) is 12.4 Å². The Morgan fingerprint density at radius 2 is 2.07 bits per heavy atom. The summed E-state index contributed by atoms with van der Waals surface area (Å²) in [5.74, 6) is -0.588. The lowest BCUT2D eigenvalue weighted by Crippen LogP contribution is -2.24. The number of fused-ring (bicyclic) bond motifs is 1. The molecule has 6 nitrogen and oxygen atoms in total. The van der Waals surface area contributed by atoms with Crippen LogP contribution in [0.1, 0.15) is 43.4 Å². The Morgan fingerprint density at radius 1 is 1.37 bits per heavy atom. The van der Waals surface area contributed by atoms with E-state index in [1.807, 2.05) is 0 Å². The number of esters is 1. The lowest BCUT2D eigenvalue weighted by atomic mass is 9.79. The second-order valence-corrected chi connectivity index (χ2v) is 7.89. The zero-order valence-electron chi connectivity index (χ0n) is 15.7. The van der Waals surface area contributed by atoms with E-state index in [1.54, 1.807) is 36.5 Å². The maximum absolute atomic E-state index is 12.6. The molecule has 1 aromatic heterocycles. The fourth-order valence-electron chi connectivity index (χ4n) is 3.60. The number of rotatable bonds is 5. The molecule has 2 heterocycles. The highest BCUT2D eigenvalue weighted by molar-refractivity contribution is 7.14. The number of nitrogens with zero attached hydrogens (tertiary/aromatic N) is 1. The van der Waals surface area contributed by atoms with Crippen LogP contribution in [-0.2, 0) is 16.0 Å². The van der Waals surface area contributed by atoms with E-state index in [0.29, 0.717) is 22.8 Å². The zero-order chi connectivity index (χ0) is 19.7. The van der Waals surface area contributed by atoms with Crippen LogP contribution in [0.4, 0.5) is 10.7 Å². The third kappa shape index (κ3) is 3.47. The number of nitro groups is 1. The molecular formula is C20H22N2O4S. The minimum absolute atomic E-state index is 0.00579. The predicted octanol–water partition coefficient (Wildman–Crippen LogP) is 4.86. The molecule has 1 aliphatic heterocycles. The largest absolute Gasteiger partial charge is 0.466 e. The number of methoxy groups -OCH3 is 1. The van der Waals surface area contributed by atoms with Gasteiger partial charge in [-0.25, -0.2) is 4.79 Å². The van der Waals surface area contributed by atoms with Gasteiger partial charge >= 0.3 is 5.97 Å². The molecule has 3 rings (SSSR count). The fourth-order valence-corrected chi connectivity index (χ4v) is 4.67. The number of carbonyl (C=O) groups is 1. The second-order valence-electron chi connectivity index (χ2n) is 7.01. The number of nitrogens with one attached hydrogen (secondary N) is 1. The summed E-state index contributed by atoms with van der Waals surface area (Å²) in [5, 5.41) is 18.0. The average Bonchev–Trinajstić information content (AvgIpc) is 3.01. The summed E-state index contributed by atoms with van der Waals surface area (Å²) in [7, 11) is 1.33. The fraction of sp³-hybridized carbons (Fsp3) is 0.350. The number of anilines is 1. The Hall–Kier alpha value is -2.67. The smallest absolute Gasteiger partial charge is 0.336 e. The minimum Gasteiger partial charge on any atom is -0.466 e. The highest BCUT2D eigenvalue weighted by Gasteiger charge is 2.38. The summed E-state index contributed by atoms with van der Waals surface area (Å²) >= 11 is 1.56. The highest BCUT2D eigenvalue weighted by Crippen LogP contribution is 2.49. The van der Waals surface area contributed by atoms with Crippen LogP contribution < -0.4 is 5.32 Å². The van der Waals surface area contributed by atoms with Crippen LogP contribution in [0.5, 0.6) is 0 Å². The van der Waals surface area contributed by atoms with E-state index in [9.17, 15) is 14.9 Å². The Labute approximate surface area is 162 Å². The van der Waals surface area contributed by atoms with Crippen molar-refractivity contribution in [3.63, 3.8) is 0 Å². The number of nitro benzene ring substituents is 1. The Kier molecular flexibility index (Phi) is 5.32. The number of hydrogen-bond acceptors (Lipinski definition) is 6. The summed E-state index contributed by atoms with van der Waals surface area (Å²) in [4.78, 5) is 23.9. The van der Waals surface area contributed by atoms with Crippen LogP contribution in [0.3, 0.4) is 0 Å². The topological polar surface area (TPSA) is 81.5 Å². The van der Waals surface area contributed by atoms with Crippen LogP contribution in [0.25, 0.3) is 0 Å². The number of thiophene rings is 1. The number of hydrogen-bond donors (Lipinski definition) is 1. The van der Waals surface area contributed by atoms with Crippen molar-refractivity contribution in [2.45, 2.75) is 33.1 Å². The van der Waals surface area contributed by atoms with E-state index in [0.717, 1.165) is 22.5 Å².